The van der Waals surface area contributed by atoms with Crippen LogP contribution in [0, 0.1) is 5.92 Å². The summed E-state index contributed by atoms with van der Waals surface area (Å²) in [6, 6.07) is 25.7. The Labute approximate surface area is 237 Å². The van der Waals surface area contributed by atoms with Crippen LogP contribution in [0.5, 0.6) is 11.5 Å². The number of piperazine rings is 1. The second-order valence-electron chi connectivity index (χ2n) is 11.3. The third-order valence-corrected chi connectivity index (χ3v) is 8.74. The lowest BCUT2D eigenvalue weighted by Gasteiger charge is -2.38. The minimum Gasteiger partial charge on any atom is -0.454 e. The van der Waals surface area contributed by atoms with E-state index < -0.39 is 0 Å². The molecule has 0 radical (unpaired) electrons. The Kier molecular flexibility index (Phi) is 8.21. The first-order valence-electron chi connectivity index (χ1n) is 14.7. The summed E-state index contributed by atoms with van der Waals surface area (Å²) in [6.07, 6.45) is 3.52. The lowest BCUT2D eigenvalue weighted by molar-refractivity contribution is 0.119. The van der Waals surface area contributed by atoms with Gasteiger partial charge in [0.2, 0.25) is 6.79 Å². The smallest absolute Gasteiger partial charge is 0.321 e. The number of fused-ring (bicyclic) bond motifs is 1. The maximum absolute atomic E-state index is 13.4. The quantitative estimate of drug-likeness (QED) is 0.412. The molecule has 3 heterocycles. The molecule has 2 saturated heterocycles. The Morgan fingerprint density at radius 3 is 2.23 bits per heavy atom. The van der Waals surface area contributed by atoms with Crippen LogP contribution in [-0.2, 0) is 13.0 Å². The van der Waals surface area contributed by atoms with Crippen LogP contribution in [0.4, 0.5) is 10.5 Å². The molecule has 1 atom stereocenters. The van der Waals surface area contributed by atoms with Crippen molar-refractivity contribution >= 4 is 11.7 Å². The molecule has 3 aromatic carbocycles. The summed E-state index contributed by atoms with van der Waals surface area (Å²) in [5, 5.41) is 3.22. The summed E-state index contributed by atoms with van der Waals surface area (Å²) < 4.78 is 11.3. The van der Waals surface area contributed by atoms with Crippen molar-refractivity contribution in [2.45, 2.75) is 38.8 Å². The Morgan fingerprint density at radius 2 is 1.52 bits per heavy atom. The maximum atomic E-state index is 13.4. The van der Waals surface area contributed by atoms with Crippen LogP contribution in [-0.4, -0.2) is 66.8 Å². The summed E-state index contributed by atoms with van der Waals surface area (Å²) in [5.74, 6) is 2.18. The molecule has 40 heavy (non-hydrogen) atoms. The normalized spacial score (nSPS) is 19.0. The van der Waals surface area contributed by atoms with Crippen molar-refractivity contribution in [2.24, 2.45) is 5.92 Å². The monoisotopic (exact) mass is 540 g/mol. The predicted octanol–water partition coefficient (Wildman–Crippen LogP) is 5.78. The lowest BCUT2D eigenvalue weighted by atomic mass is 9.90. The molecule has 0 bridgehead atoms. The van der Waals surface area contributed by atoms with Gasteiger partial charge in [-0.05, 0) is 68.0 Å². The van der Waals surface area contributed by atoms with Gasteiger partial charge in [-0.3, -0.25) is 9.80 Å². The molecule has 2 amide bonds. The first-order valence-corrected chi connectivity index (χ1v) is 14.7. The van der Waals surface area contributed by atoms with E-state index in [-0.39, 0.29) is 12.8 Å². The predicted molar refractivity (Wildman–Crippen MR) is 158 cm³/mol. The van der Waals surface area contributed by atoms with E-state index in [2.05, 4.69) is 82.7 Å². The largest absolute Gasteiger partial charge is 0.454 e. The summed E-state index contributed by atoms with van der Waals surface area (Å²) in [4.78, 5) is 20.3. The highest BCUT2D eigenvalue weighted by atomic mass is 16.7. The molecule has 210 valence electrons. The average Bonchev–Trinajstić information content (AvgIpc) is 3.46. The first kappa shape index (κ1) is 26.7. The number of carbonyl (C=O) groups excluding carboxylic acids is 1. The summed E-state index contributed by atoms with van der Waals surface area (Å²) in [7, 11) is 0. The summed E-state index contributed by atoms with van der Waals surface area (Å²) in [5.41, 5.74) is 4.64. The molecule has 6 rings (SSSR count). The molecule has 7 heteroatoms. The Balaban J connectivity index is 1.06. The van der Waals surface area contributed by atoms with Gasteiger partial charge in [0.25, 0.3) is 0 Å². The van der Waals surface area contributed by atoms with Gasteiger partial charge in [-0.1, -0.05) is 60.7 Å². The van der Waals surface area contributed by atoms with Crippen molar-refractivity contribution in [3.63, 3.8) is 0 Å². The first-order chi connectivity index (χ1) is 19.6. The van der Waals surface area contributed by atoms with Gasteiger partial charge in [0, 0.05) is 44.8 Å². The number of hydrogen-bond donors (Lipinski definition) is 1. The number of anilines is 1. The van der Waals surface area contributed by atoms with Crippen LogP contribution in [0.3, 0.4) is 0 Å². The standard InChI is InChI=1S/C33H40N4O3/c1-25(28-10-6-3-7-11-28)36-16-18-37(19-17-36)33(38)34-30-22-32-31(39-24-40-32)21-29(30)23-35-14-12-27(13-15-35)20-26-8-4-2-5-9-26/h2-11,21-22,25,27H,12-20,23-24H2,1H3,(H,34,38). The molecule has 1 N–H and O–H groups in total. The van der Waals surface area contributed by atoms with E-state index in [1.54, 1.807) is 0 Å². The van der Waals surface area contributed by atoms with Crippen molar-refractivity contribution in [3.8, 4) is 11.5 Å². The molecule has 3 aromatic rings. The fraction of sp³-hybridized carbons (Fsp3) is 0.424. The number of urea groups is 1. The highest BCUT2D eigenvalue weighted by Crippen LogP contribution is 2.38. The van der Waals surface area contributed by atoms with E-state index in [0.29, 0.717) is 24.9 Å². The third kappa shape index (κ3) is 6.26. The highest BCUT2D eigenvalue weighted by molar-refractivity contribution is 5.91. The summed E-state index contributed by atoms with van der Waals surface area (Å²) in [6.45, 7) is 8.49. The number of benzene rings is 3. The average molecular weight is 541 g/mol. The van der Waals surface area contributed by atoms with Crippen LogP contribution in [0.2, 0.25) is 0 Å². The van der Waals surface area contributed by atoms with E-state index in [1.165, 1.54) is 24.0 Å². The number of piperidine rings is 1. The second-order valence-corrected chi connectivity index (χ2v) is 11.3. The maximum Gasteiger partial charge on any atom is 0.321 e. The number of carbonyl (C=O) groups is 1. The lowest BCUT2D eigenvalue weighted by Crippen LogP contribution is -2.50. The van der Waals surface area contributed by atoms with E-state index in [4.69, 9.17) is 9.47 Å². The molecule has 0 saturated carbocycles. The molecule has 3 aliphatic heterocycles. The molecule has 3 aliphatic rings. The zero-order valence-electron chi connectivity index (χ0n) is 23.4. The Hall–Kier alpha value is -3.55. The highest BCUT2D eigenvalue weighted by Gasteiger charge is 2.27. The van der Waals surface area contributed by atoms with Gasteiger partial charge in [-0.2, -0.15) is 0 Å². The van der Waals surface area contributed by atoms with Gasteiger partial charge in [0.1, 0.15) is 0 Å². The van der Waals surface area contributed by atoms with Crippen LogP contribution >= 0.6 is 0 Å². The van der Waals surface area contributed by atoms with Crippen molar-refractivity contribution in [2.75, 3.05) is 51.4 Å². The molecule has 1 unspecified atom stereocenters. The number of nitrogens with one attached hydrogen (secondary N) is 1. The zero-order chi connectivity index (χ0) is 27.3. The minimum absolute atomic E-state index is 0.0475. The van der Waals surface area contributed by atoms with Crippen LogP contribution in [0.15, 0.2) is 72.8 Å². The minimum atomic E-state index is -0.0475. The van der Waals surface area contributed by atoms with Gasteiger partial charge >= 0.3 is 6.03 Å². The SMILES string of the molecule is CC(c1ccccc1)N1CCN(C(=O)Nc2cc3c(cc2CN2CCC(Cc4ccccc4)CC2)OCO3)CC1. The molecular formula is C33H40N4O3. The Bertz CT molecular complexity index is 1270. The number of amides is 2. The van der Waals surface area contributed by atoms with E-state index in [1.807, 2.05) is 17.0 Å². The van der Waals surface area contributed by atoms with Gasteiger partial charge < -0.3 is 19.7 Å². The van der Waals surface area contributed by atoms with Crippen LogP contribution in [0.25, 0.3) is 0 Å². The second kappa shape index (κ2) is 12.3. The Morgan fingerprint density at radius 1 is 0.875 bits per heavy atom. The van der Waals surface area contributed by atoms with Crippen molar-refractivity contribution in [1.29, 1.82) is 0 Å². The van der Waals surface area contributed by atoms with E-state index >= 15 is 0 Å². The number of ether oxygens (including phenoxy) is 2. The fourth-order valence-corrected chi connectivity index (χ4v) is 6.22. The van der Waals surface area contributed by atoms with Gasteiger partial charge in [0.15, 0.2) is 11.5 Å². The van der Waals surface area contributed by atoms with Crippen molar-refractivity contribution < 1.29 is 14.3 Å². The van der Waals surface area contributed by atoms with Crippen LogP contribution in [0.1, 0.15) is 42.5 Å². The van der Waals surface area contributed by atoms with Gasteiger partial charge in [0.05, 0.1) is 5.69 Å². The number of hydrogen-bond acceptors (Lipinski definition) is 5. The van der Waals surface area contributed by atoms with Crippen molar-refractivity contribution in [3.05, 3.63) is 89.5 Å². The number of nitrogens with zero attached hydrogens (tertiary/aromatic N) is 3. The fourth-order valence-electron chi connectivity index (χ4n) is 6.22. The van der Waals surface area contributed by atoms with Crippen molar-refractivity contribution in [1.82, 2.24) is 14.7 Å². The molecule has 2 fully saturated rings. The third-order valence-electron chi connectivity index (χ3n) is 8.74. The topological polar surface area (TPSA) is 57.3 Å². The number of likely N-dealkylation sites (tertiary alicyclic amines) is 1. The van der Waals surface area contributed by atoms with E-state index in [9.17, 15) is 4.79 Å². The zero-order valence-corrected chi connectivity index (χ0v) is 23.4. The van der Waals surface area contributed by atoms with E-state index in [0.717, 1.165) is 62.1 Å². The molecular weight excluding hydrogens is 500 g/mol. The van der Waals surface area contributed by atoms with Gasteiger partial charge in [-0.25, -0.2) is 4.79 Å². The molecule has 7 nitrogen and oxygen atoms in total. The molecule has 0 aliphatic carbocycles. The summed E-state index contributed by atoms with van der Waals surface area (Å²) >= 11 is 0. The molecule has 0 aromatic heterocycles. The number of rotatable bonds is 7. The van der Waals surface area contributed by atoms with Crippen LogP contribution < -0.4 is 14.8 Å². The molecule has 0 spiro atoms. The van der Waals surface area contributed by atoms with Gasteiger partial charge in [-0.15, -0.1) is 0 Å².